The Hall–Kier alpha value is -1.85. The van der Waals surface area contributed by atoms with Crippen molar-refractivity contribution in [1.82, 2.24) is 0 Å². The van der Waals surface area contributed by atoms with Crippen molar-refractivity contribution < 1.29 is 9.53 Å². The van der Waals surface area contributed by atoms with Crippen LogP contribution < -0.4 is 10.6 Å². The number of methoxy groups -OCH3 is 1. The van der Waals surface area contributed by atoms with E-state index in [4.69, 9.17) is 4.74 Å². The zero-order chi connectivity index (χ0) is 14.4. The fourth-order valence-electron chi connectivity index (χ4n) is 1.83. The summed E-state index contributed by atoms with van der Waals surface area (Å²) in [5.74, 6) is -0.153. The average molecular weight is 290 g/mol. The van der Waals surface area contributed by atoms with E-state index in [-0.39, 0.29) is 18.6 Å². The highest BCUT2D eigenvalue weighted by Crippen LogP contribution is 2.22. The largest absolute Gasteiger partial charge is 0.378 e. The van der Waals surface area contributed by atoms with Crippen LogP contribution in [-0.4, -0.2) is 19.6 Å². The highest BCUT2D eigenvalue weighted by Gasteiger charge is 2.06. The van der Waals surface area contributed by atoms with E-state index in [9.17, 15) is 4.79 Å². The molecule has 0 bridgehead atoms. The van der Waals surface area contributed by atoms with Crippen LogP contribution in [0.5, 0.6) is 0 Å². The Kier molecular flexibility index (Phi) is 5.15. The summed E-state index contributed by atoms with van der Waals surface area (Å²) in [5, 5.41) is 10.4. The van der Waals surface area contributed by atoms with Crippen molar-refractivity contribution in [1.29, 1.82) is 0 Å². The first kappa shape index (κ1) is 14.6. The van der Waals surface area contributed by atoms with Crippen LogP contribution in [0.4, 0.5) is 11.4 Å². The summed E-state index contributed by atoms with van der Waals surface area (Å²) in [7, 11) is 1.50. The Labute approximate surface area is 122 Å². The molecule has 0 spiro atoms. The van der Waals surface area contributed by atoms with E-state index >= 15 is 0 Å². The molecule has 0 fully saturated rings. The van der Waals surface area contributed by atoms with Crippen LogP contribution in [-0.2, 0) is 9.53 Å². The minimum Gasteiger partial charge on any atom is -0.378 e. The van der Waals surface area contributed by atoms with Crippen molar-refractivity contribution in [2.75, 3.05) is 24.4 Å². The number of hydrogen-bond donors (Lipinski definition) is 2. The van der Waals surface area contributed by atoms with Crippen molar-refractivity contribution in [3.05, 3.63) is 46.7 Å². The molecule has 0 radical (unpaired) electrons. The third-order valence-electron chi connectivity index (χ3n) is 2.87. The molecule has 0 aliphatic carbocycles. The molecule has 1 unspecified atom stereocenters. The van der Waals surface area contributed by atoms with Crippen LogP contribution in [0.15, 0.2) is 41.1 Å². The Balaban J connectivity index is 1.93. The molecule has 0 aliphatic heterocycles. The first-order valence-electron chi connectivity index (χ1n) is 6.36. The number of benzene rings is 1. The molecule has 106 valence electrons. The smallest absolute Gasteiger partial charge is 0.250 e. The number of nitrogens with one attached hydrogen (secondary N) is 2. The van der Waals surface area contributed by atoms with Gasteiger partial charge >= 0.3 is 0 Å². The molecular formula is C15H18N2O2S. The number of carbonyl (C=O) groups excluding carboxylic acids is 1. The molecule has 0 saturated heterocycles. The quantitative estimate of drug-likeness (QED) is 0.856. The van der Waals surface area contributed by atoms with Gasteiger partial charge in [-0.3, -0.25) is 4.79 Å². The maximum absolute atomic E-state index is 11.4. The molecule has 1 heterocycles. The summed E-state index contributed by atoms with van der Waals surface area (Å²) < 4.78 is 4.77. The van der Waals surface area contributed by atoms with Gasteiger partial charge in [-0.15, -0.1) is 0 Å². The Morgan fingerprint density at radius 2 is 1.95 bits per heavy atom. The summed E-state index contributed by atoms with van der Waals surface area (Å²) in [6, 6.07) is 10.0. The van der Waals surface area contributed by atoms with Gasteiger partial charge in [-0.2, -0.15) is 11.3 Å². The Morgan fingerprint density at radius 1 is 1.25 bits per heavy atom. The van der Waals surface area contributed by atoms with E-state index in [1.807, 2.05) is 24.3 Å². The molecule has 1 aromatic heterocycles. The standard InChI is InChI=1S/C15H18N2O2S/c1-11(12-7-8-20-10-12)16-13-3-5-14(6-4-13)17-15(18)9-19-2/h3-8,10-11,16H,9H2,1-2H3,(H,17,18). The summed E-state index contributed by atoms with van der Waals surface area (Å²) in [6.07, 6.45) is 0. The number of anilines is 2. The van der Waals surface area contributed by atoms with Crippen LogP contribution in [0.1, 0.15) is 18.5 Å². The molecule has 0 saturated carbocycles. The van der Waals surface area contributed by atoms with Gasteiger partial charge in [-0.25, -0.2) is 0 Å². The van der Waals surface area contributed by atoms with Crippen molar-refractivity contribution in [3.63, 3.8) is 0 Å². The van der Waals surface area contributed by atoms with E-state index in [1.165, 1.54) is 12.7 Å². The van der Waals surface area contributed by atoms with Gasteiger partial charge < -0.3 is 15.4 Å². The lowest BCUT2D eigenvalue weighted by Gasteiger charge is -2.14. The van der Waals surface area contributed by atoms with Crippen molar-refractivity contribution in [2.45, 2.75) is 13.0 Å². The lowest BCUT2D eigenvalue weighted by atomic mass is 10.1. The van der Waals surface area contributed by atoms with Gasteiger partial charge in [0, 0.05) is 24.5 Å². The van der Waals surface area contributed by atoms with Crippen LogP contribution >= 0.6 is 11.3 Å². The van der Waals surface area contributed by atoms with Crippen LogP contribution in [0.2, 0.25) is 0 Å². The molecule has 1 atom stereocenters. The van der Waals surface area contributed by atoms with Crippen LogP contribution in [0, 0.1) is 0 Å². The highest BCUT2D eigenvalue weighted by atomic mass is 32.1. The van der Waals surface area contributed by atoms with Gasteiger partial charge in [0.25, 0.3) is 0 Å². The van der Waals surface area contributed by atoms with Gasteiger partial charge in [-0.1, -0.05) is 0 Å². The Morgan fingerprint density at radius 3 is 2.55 bits per heavy atom. The summed E-state index contributed by atoms with van der Waals surface area (Å²) >= 11 is 1.69. The van der Waals surface area contributed by atoms with E-state index in [0.29, 0.717) is 0 Å². The maximum Gasteiger partial charge on any atom is 0.250 e. The third-order valence-corrected chi connectivity index (χ3v) is 3.57. The molecule has 2 rings (SSSR count). The first-order chi connectivity index (χ1) is 9.69. The molecule has 1 amide bonds. The second-order valence-electron chi connectivity index (χ2n) is 4.48. The fourth-order valence-corrected chi connectivity index (χ4v) is 2.59. The second kappa shape index (κ2) is 7.07. The summed E-state index contributed by atoms with van der Waals surface area (Å²) in [4.78, 5) is 11.4. The fraction of sp³-hybridized carbons (Fsp3) is 0.267. The Bertz CT molecular complexity index is 538. The average Bonchev–Trinajstić information content (AvgIpc) is 2.95. The molecule has 5 heteroatoms. The molecular weight excluding hydrogens is 272 g/mol. The van der Waals surface area contributed by atoms with E-state index in [2.05, 4.69) is 34.4 Å². The van der Waals surface area contributed by atoms with E-state index in [1.54, 1.807) is 11.3 Å². The predicted octanol–water partition coefficient (Wildman–Crippen LogP) is 3.51. The molecule has 20 heavy (non-hydrogen) atoms. The number of hydrogen-bond acceptors (Lipinski definition) is 4. The SMILES string of the molecule is COCC(=O)Nc1ccc(NC(C)c2ccsc2)cc1. The summed E-state index contributed by atoms with van der Waals surface area (Å²) in [5.41, 5.74) is 3.06. The number of rotatable bonds is 6. The van der Waals surface area contributed by atoms with Gasteiger partial charge in [0.05, 0.1) is 0 Å². The topological polar surface area (TPSA) is 50.4 Å². The number of ether oxygens (including phenoxy) is 1. The lowest BCUT2D eigenvalue weighted by molar-refractivity contribution is -0.119. The molecule has 4 nitrogen and oxygen atoms in total. The second-order valence-corrected chi connectivity index (χ2v) is 5.26. The molecule has 0 aliphatic rings. The minimum absolute atomic E-state index is 0.0647. The van der Waals surface area contributed by atoms with Crippen molar-refractivity contribution >= 4 is 28.6 Å². The maximum atomic E-state index is 11.4. The van der Waals surface area contributed by atoms with E-state index in [0.717, 1.165) is 11.4 Å². The van der Waals surface area contributed by atoms with Crippen LogP contribution in [0.25, 0.3) is 0 Å². The normalized spacial score (nSPS) is 11.9. The van der Waals surface area contributed by atoms with Gasteiger partial charge in [-0.05, 0) is 53.6 Å². The van der Waals surface area contributed by atoms with Crippen molar-refractivity contribution in [2.24, 2.45) is 0 Å². The molecule has 1 aromatic carbocycles. The minimum atomic E-state index is -0.153. The monoisotopic (exact) mass is 290 g/mol. The van der Waals surface area contributed by atoms with Gasteiger partial charge in [0.2, 0.25) is 5.91 Å². The molecule has 2 aromatic rings. The number of carbonyl (C=O) groups is 1. The van der Waals surface area contributed by atoms with Crippen LogP contribution in [0.3, 0.4) is 0 Å². The predicted molar refractivity (Wildman–Crippen MR) is 83.3 cm³/mol. The zero-order valence-corrected chi connectivity index (χ0v) is 12.4. The summed E-state index contributed by atoms with van der Waals surface area (Å²) in [6.45, 7) is 2.19. The number of amides is 1. The number of thiophene rings is 1. The molecule has 2 N–H and O–H groups in total. The zero-order valence-electron chi connectivity index (χ0n) is 11.6. The lowest BCUT2D eigenvalue weighted by Crippen LogP contribution is -2.17. The highest BCUT2D eigenvalue weighted by molar-refractivity contribution is 7.07. The van der Waals surface area contributed by atoms with Crippen molar-refractivity contribution in [3.8, 4) is 0 Å². The van der Waals surface area contributed by atoms with E-state index < -0.39 is 0 Å². The first-order valence-corrected chi connectivity index (χ1v) is 7.31. The van der Waals surface area contributed by atoms with Gasteiger partial charge in [0.1, 0.15) is 6.61 Å². The van der Waals surface area contributed by atoms with Gasteiger partial charge in [0.15, 0.2) is 0 Å². The third kappa shape index (κ3) is 4.08.